The number of rotatable bonds is 3. The van der Waals surface area contributed by atoms with Crippen molar-refractivity contribution in [3.8, 4) is 0 Å². The normalized spacial score (nSPS) is 19.0. The van der Waals surface area contributed by atoms with Crippen molar-refractivity contribution in [2.75, 3.05) is 11.5 Å². The van der Waals surface area contributed by atoms with Crippen molar-refractivity contribution >= 4 is 16.5 Å². The molecule has 2 N–H and O–H groups in total. The average Bonchev–Trinajstić information content (AvgIpc) is 2.50. The second-order valence-corrected chi connectivity index (χ2v) is 6.98. The van der Waals surface area contributed by atoms with Crippen LogP contribution in [-0.4, -0.2) is 9.96 Å². The van der Waals surface area contributed by atoms with Gasteiger partial charge in [0.25, 0.3) is 0 Å². The largest absolute Gasteiger partial charge is 0.396 e. The molecule has 2 nitrogen and oxygen atoms in total. The highest BCUT2D eigenvalue weighted by Gasteiger charge is 2.22. The Morgan fingerprint density at radius 3 is 2.86 bits per heavy atom. The van der Waals surface area contributed by atoms with Gasteiger partial charge in [0, 0.05) is 10.6 Å². The first kappa shape index (κ1) is 14.3. The molecule has 0 spiro atoms. The van der Waals surface area contributed by atoms with E-state index in [0.29, 0.717) is 10.6 Å². The minimum absolute atomic E-state index is 0.0961. The summed E-state index contributed by atoms with van der Waals surface area (Å²) in [6.07, 6.45) is 3.25. The van der Waals surface area contributed by atoms with Crippen LogP contribution in [0.1, 0.15) is 29.9 Å². The lowest BCUT2D eigenvalue weighted by Gasteiger charge is -2.25. The Bertz CT molecular complexity index is 686. The van der Waals surface area contributed by atoms with E-state index in [1.807, 2.05) is 12.1 Å². The van der Waals surface area contributed by atoms with Crippen molar-refractivity contribution in [1.29, 1.82) is 0 Å². The fourth-order valence-corrected chi connectivity index (χ4v) is 4.31. The van der Waals surface area contributed by atoms with Crippen molar-refractivity contribution < 1.29 is 8.60 Å². The molecule has 2 atom stereocenters. The molecule has 4 heteroatoms. The Balaban J connectivity index is 1.81. The SMILES string of the molecule is Nc1ccc(S(=O)CC2CCCc3ccccc32)cc1F. The van der Waals surface area contributed by atoms with E-state index in [2.05, 4.69) is 12.1 Å². The molecule has 2 aromatic carbocycles. The zero-order valence-corrected chi connectivity index (χ0v) is 12.5. The molecular formula is C17H18FNOS. The lowest BCUT2D eigenvalue weighted by Crippen LogP contribution is -2.16. The molecular weight excluding hydrogens is 285 g/mol. The summed E-state index contributed by atoms with van der Waals surface area (Å²) >= 11 is 0. The molecule has 1 aliphatic carbocycles. The van der Waals surface area contributed by atoms with Crippen LogP contribution in [0.15, 0.2) is 47.4 Å². The summed E-state index contributed by atoms with van der Waals surface area (Å²) in [7, 11) is -1.20. The molecule has 21 heavy (non-hydrogen) atoms. The summed E-state index contributed by atoms with van der Waals surface area (Å²) in [6.45, 7) is 0. The molecule has 0 saturated heterocycles. The van der Waals surface area contributed by atoms with Crippen molar-refractivity contribution in [3.05, 3.63) is 59.4 Å². The Morgan fingerprint density at radius 2 is 2.05 bits per heavy atom. The minimum Gasteiger partial charge on any atom is -0.396 e. The first-order valence-electron chi connectivity index (χ1n) is 7.16. The number of hydrogen-bond acceptors (Lipinski definition) is 2. The Labute approximate surface area is 126 Å². The smallest absolute Gasteiger partial charge is 0.147 e. The average molecular weight is 303 g/mol. The molecule has 0 aromatic heterocycles. The van der Waals surface area contributed by atoms with Gasteiger partial charge < -0.3 is 5.73 Å². The molecule has 0 fully saturated rings. The Morgan fingerprint density at radius 1 is 1.24 bits per heavy atom. The highest BCUT2D eigenvalue weighted by atomic mass is 32.2. The molecule has 2 unspecified atom stereocenters. The van der Waals surface area contributed by atoms with E-state index in [-0.39, 0.29) is 11.6 Å². The zero-order chi connectivity index (χ0) is 14.8. The van der Waals surface area contributed by atoms with Gasteiger partial charge in [0.15, 0.2) is 0 Å². The lowest BCUT2D eigenvalue weighted by molar-refractivity contribution is 0.587. The van der Waals surface area contributed by atoms with Crippen LogP contribution in [-0.2, 0) is 17.2 Å². The number of benzene rings is 2. The highest BCUT2D eigenvalue weighted by Crippen LogP contribution is 2.33. The number of halogens is 1. The molecule has 0 aliphatic heterocycles. The molecule has 0 bridgehead atoms. The van der Waals surface area contributed by atoms with E-state index in [0.717, 1.165) is 19.3 Å². The molecule has 1 aliphatic rings. The summed E-state index contributed by atoms with van der Waals surface area (Å²) < 4.78 is 26.0. The summed E-state index contributed by atoms with van der Waals surface area (Å²) in [5.74, 6) is 0.335. The van der Waals surface area contributed by atoms with E-state index in [1.165, 1.54) is 23.3 Å². The summed E-state index contributed by atoms with van der Waals surface area (Å²) in [5.41, 5.74) is 8.21. The van der Waals surface area contributed by atoms with Crippen LogP contribution in [0, 0.1) is 5.82 Å². The number of nitrogens with two attached hydrogens (primary N) is 1. The van der Waals surface area contributed by atoms with Gasteiger partial charge >= 0.3 is 0 Å². The van der Waals surface area contributed by atoms with Crippen molar-refractivity contribution in [2.45, 2.75) is 30.1 Å². The molecule has 0 radical (unpaired) electrons. The third-order valence-electron chi connectivity index (χ3n) is 4.08. The van der Waals surface area contributed by atoms with Crippen LogP contribution in [0.3, 0.4) is 0 Å². The maximum Gasteiger partial charge on any atom is 0.147 e. The fraction of sp³-hybridized carbons (Fsp3) is 0.294. The van der Waals surface area contributed by atoms with Crippen LogP contribution in [0.2, 0.25) is 0 Å². The van der Waals surface area contributed by atoms with E-state index in [4.69, 9.17) is 5.73 Å². The number of hydrogen-bond donors (Lipinski definition) is 1. The molecule has 0 amide bonds. The molecule has 0 heterocycles. The first-order chi connectivity index (χ1) is 10.1. The van der Waals surface area contributed by atoms with E-state index in [9.17, 15) is 8.60 Å². The Kier molecular flexibility index (Phi) is 4.06. The van der Waals surface area contributed by atoms with Gasteiger partial charge in [0.2, 0.25) is 0 Å². The predicted octanol–water partition coefficient (Wildman–Crippen LogP) is 3.64. The molecule has 110 valence electrons. The van der Waals surface area contributed by atoms with Crippen molar-refractivity contribution in [1.82, 2.24) is 0 Å². The highest BCUT2D eigenvalue weighted by molar-refractivity contribution is 7.85. The predicted molar refractivity (Wildman–Crippen MR) is 84.2 cm³/mol. The lowest BCUT2D eigenvalue weighted by atomic mass is 9.84. The van der Waals surface area contributed by atoms with E-state index in [1.54, 1.807) is 6.07 Å². The molecule has 2 aromatic rings. The van der Waals surface area contributed by atoms with Crippen LogP contribution >= 0.6 is 0 Å². The van der Waals surface area contributed by atoms with Gasteiger partial charge in [-0.15, -0.1) is 0 Å². The summed E-state index contributed by atoms with van der Waals surface area (Å²) in [4.78, 5) is 0.518. The maximum atomic E-state index is 13.5. The number of aryl methyl sites for hydroxylation is 1. The number of anilines is 1. The van der Waals surface area contributed by atoms with Crippen molar-refractivity contribution in [3.63, 3.8) is 0 Å². The van der Waals surface area contributed by atoms with Gasteiger partial charge in [0.1, 0.15) is 5.82 Å². The minimum atomic E-state index is -1.20. The zero-order valence-electron chi connectivity index (χ0n) is 11.7. The van der Waals surface area contributed by atoms with E-state index >= 15 is 0 Å². The van der Waals surface area contributed by atoms with Gasteiger partial charge in [-0.05, 0) is 54.5 Å². The van der Waals surface area contributed by atoms with Gasteiger partial charge in [-0.25, -0.2) is 4.39 Å². The quantitative estimate of drug-likeness (QED) is 0.880. The Hall–Kier alpha value is -1.68. The third kappa shape index (κ3) is 3.00. The molecule has 0 saturated carbocycles. The standard InChI is InChI=1S/C17H18FNOS/c18-16-10-14(8-9-17(16)19)21(20)11-13-6-3-5-12-4-1-2-7-15(12)13/h1-2,4,7-10,13H,3,5-6,11,19H2. The second-order valence-electron chi connectivity index (χ2n) is 5.48. The van der Waals surface area contributed by atoms with Crippen LogP contribution in [0.25, 0.3) is 0 Å². The van der Waals surface area contributed by atoms with Crippen LogP contribution in [0.5, 0.6) is 0 Å². The van der Waals surface area contributed by atoms with Crippen LogP contribution in [0.4, 0.5) is 10.1 Å². The van der Waals surface area contributed by atoms with Gasteiger partial charge in [-0.2, -0.15) is 0 Å². The maximum absolute atomic E-state index is 13.5. The topological polar surface area (TPSA) is 43.1 Å². The van der Waals surface area contributed by atoms with Gasteiger partial charge in [0.05, 0.1) is 16.5 Å². The first-order valence-corrected chi connectivity index (χ1v) is 8.48. The monoisotopic (exact) mass is 303 g/mol. The number of nitrogen functional groups attached to an aromatic ring is 1. The van der Waals surface area contributed by atoms with E-state index < -0.39 is 16.6 Å². The molecule has 3 rings (SSSR count). The van der Waals surface area contributed by atoms with Gasteiger partial charge in [-0.1, -0.05) is 24.3 Å². The van der Waals surface area contributed by atoms with Crippen LogP contribution < -0.4 is 5.73 Å². The summed E-state index contributed by atoms with van der Waals surface area (Å²) in [6, 6.07) is 12.8. The van der Waals surface area contributed by atoms with Crippen molar-refractivity contribution in [2.24, 2.45) is 0 Å². The summed E-state index contributed by atoms with van der Waals surface area (Å²) in [5, 5.41) is 0. The number of fused-ring (bicyclic) bond motifs is 1. The third-order valence-corrected chi connectivity index (χ3v) is 5.57. The van der Waals surface area contributed by atoms with Gasteiger partial charge in [-0.3, -0.25) is 4.21 Å². The second kappa shape index (κ2) is 5.98. The fourth-order valence-electron chi connectivity index (χ4n) is 2.96.